The van der Waals surface area contributed by atoms with E-state index in [2.05, 4.69) is 99.1 Å². The van der Waals surface area contributed by atoms with Crippen LogP contribution in [0.5, 0.6) is 0 Å². The van der Waals surface area contributed by atoms with E-state index in [9.17, 15) is 23.6 Å². The third-order valence-electron chi connectivity index (χ3n) is 10.0. The van der Waals surface area contributed by atoms with Crippen LogP contribution in [0.4, 0.5) is 13.2 Å². The minimum Gasteiger partial charge on any atom is -0.520 e. The van der Waals surface area contributed by atoms with Gasteiger partial charge >= 0.3 is 59.7 Å². The van der Waals surface area contributed by atoms with Crippen molar-refractivity contribution < 1.29 is 116 Å². The molecule has 11 rings (SSSR count). The minimum absolute atomic E-state index is 0. The number of para-hydroxylation sites is 3. The number of halogens is 8. The minimum atomic E-state index is -2.58. The van der Waals surface area contributed by atoms with Gasteiger partial charge in [0.2, 0.25) is 6.22 Å². The van der Waals surface area contributed by atoms with E-state index in [0.29, 0.717) is 28.5 Å². The SMILES string of the molecule is BrBr.CC(=O)O.CC(=O)O.Cn1c(=O)oc2c(Br)cccc21.Cn1c(=O)oc2c(C3CC3)c(Br)ccc21.Cn1c(=O)oc2c(C3CC3)cccc21.FCl.O=C([O-])F.O=c1[nH]c2cccc(Br)c2o1.OB(O)C1CC1.[Na+].[Pd]. The summed E-state index contributed by atoms with van der Waals surface area (Å²) in [5, 5.41) is 39.6. The Balaban J connectivity index is 0.000000872. The Morgan fingerprint density at radius 1 is 0.632 bits per heavy atom. The first kappa shape index (κ1) is 72.6. The molecular weight excluding hydrogens is 1470 g/mol. The molecule has 4 aromatic heterocycles. The Hall–Kier alpha value is -3.43. The van der Waals surface area contributed by atoms with Crippen molar-refractivity contribution in [2.45, 2.75) is 70.0 Å². The van der Waals surface area contributed by atoms with Crippen molar-refractivity contribution in [2.24, 2.45) is 21.1 Å². The van der Waals surface area contributed by atoms with Gasteiger partial charge in [-0.25, -0.2) is 19.2 Å². The predicted octanol–water partition coefficient (Wildman–Crippen LogP) is 7.46. The van der Waals surface area contributed by atoms with Crippen LogP contribution in [0.3, 0.4) is 0 Å². The fraction of sp³-hybridized carbons (Fsp3) is 0.311. The van der Waals surface area contributed by atoms with Gasteiger partial charge in [-0.05, 0) is 118 Å². The summed E-state index contributed by atoms with van der Waals surface area (Å²) in [5.41, 5.74) is 8.35. The first-order valence-electron chi connectivity index (χ1n) is 21.2. The van der Waals surface area contributed by atoms with Crippen LogP contribution in [0.2, 0.25) is 5.82 Å². The molecule has 3 saturated carbocycles. The number of aromatic nitrogens is 4. The van der Waals surface area contributed by atoms with Gasteiger partial charge in [0.25, 0.3) is 11.9 Å². The molecule has 5 N–H and O–H groups in total. The van der Waals surface area contributed by atoms with Gasteiger partial charge in [-0.15, -0.1) is 3.98 Å². The number of oxazole rings is 4. The molecule has 31 heteroatoms. The zero-order chi connectivity index (χ0) is 56.1. The number of aromatic amines is 1. The van der Waals surface area contributed by atoms with Gasteiger partial charge in [0.05, 0.1) is 31.0 Å². The molecule has 4 aromatic carbocycles. The largest absolute Gasteiger partial charge is 1.00 e. The van der Waals surface area contributed by atoms with Gasteiger partial charge in [0, 0.05) is 99.3 Å². The molecule has 0 unspecified atom stereocenters. The average Bonchev–Trinajstić information content (AvgIpc) is 4.26. The third kappa shape index (κ3) is 23.5. The van der Waals surface area contributed by atoms with Crippen molar-refractivity contribution in [1.82, 2.24) is 18.7 Å². The normalized spacial score (nSPS) is 12.2. The maximum Gasteiger partial charge on any atom is 1.00 e. The van der Waals surface area contributed by atoms with Gasteiger partial charge in [-0.2, -0.15) is 4.39 Å². The fourth-order valence-corrected chi connectivity index (χ4v) is 7.80. The van der Waals surface area contributed by atoms with Gasteiger partial charge in [-0.3, -0.25) is 28.3 Å². The molecule has 4 heterocycles. The number of rotatable bonds is 3. The topological polar surface area (TPSA) is 307 Å². The number of nitrogens with zero attached hydrogens (tertiary/aromatic N) is 3. The first-order chi connectivity index (χ1) is 34.9. The monoisotopic (exact) mass is 1510 g/mol. The molecule has 0 amide bonds. The number of aryl methyl sites for hydroxylation is 3. The zero-order valence-corrected chi connectivity index (χ0v) is 53.0. The van der Waals surface area contributed by atoms with Crippen molar-refractivity contribution >= 4 is 158 Å². The van der Waals surface area contributed by atoms with Crippen LogP contribution >= 0.6 is 88.0 Å². The summed E-state index contributed by atoms with van der Waals surface area (Å²) >= 11 is 18.7. The number of carboxylic acid groups (broad SMARTS) is 3. The zero-order valence-electron chi connectivity index (χ0n) is 40.8. The average molecular weight is 1510 g/mol. The standard InChI is InChI=1S/C11H10BrNO2.C11H11NO2.C8H6BrNO2.C7H4BrNO2.C3H7BO2.2C2H4O2.CHFO2.Br2.ClF.Na.Pd/c1-13-8-5-4-7(12)9(6-2-3-6)10(8)15-11(13)14;1-12-9-4-2-3-8(7-5-6-7)10(9)14-11(12)13;1-10-6-4-2-3-5(9)7(6)12-8(10)11;8-4-2-1-3-5-6(4)11-7(10)9-5;5-4(6)3-1-2-3;2*1-2(3)4;2-1(3)4;2*1-2;;/h4-6H,2-3H2,1H3;2-4,7H,5-6H2,1H3;2-4H,1H3;1-3H,(H,9,10);3,5-6H,1-2H2;2*1H3,(H,3,4);(H,3,4);;;;/q;;;;;;;;;;+1;/p-1. The van der Waals surface area contributed by atoms with Crippen molar-refractivity contribution in [1.29, 1.82) is 0 Å². The van der Waals surface area contributed by atoms with E-state index in [1.54, 1.807) is 36.3 Å². The molecule has 3 aliphatic rings. The number of fused-ring (bicyclic) bond motifs is 4. The van der Waals surface area contributed by atoms with Crippen LogP contribution in [0.15, 0.2) is 117 Å². The molecule has 20 nitrogen and oxygen atoms in total. The summed E-state index contributed by atoms with van der Waals surface area (Å²) in [6.07, 6.45) is 4.23. The summed E-state index contributed by atoms with van der Waals surface area (Å²) in [5.74, 6) is -1.59. The van der Waals surface area contributed by atoms with Crippen molar-refractivity contribution in [3.63, 3.8) is 0 Å². The summed E-state index contributed by atoms with van der Waals surface area (Å²) in [7, 11) is 4.12. The van der Waals surface area contributed by atoms with Gasteiger partial charge in [0.1, 0.15) is 12.0 Å². The van der Waals surface area contributed by atoms with E-state index < -0.39 is 31.0 Å². The van der Waals surface area contributed by atoms with E-state index in [4.69, 9.17) is 61.4 Å². The molecule has 412 valence electrons. The molecule has 0 spiro atoms. The second-order valence-electron chi connectivity index (χ2n) is 15.6. The Morgan fingerprint density at radius 3 is 1.41 bits per heavy atom. The van der Waals surface area contributed by atoms with E-state index in [0.717, 1.165) is 73.4 Å². The number of carbonyl (C=O) groups excluding carboxylic acids is 1. The van der Waals surface area contributed by atoms with Crippen LogP contribution in [-0.2, 0) is 51.2 Å². The quantitative estimate of drug-likeness (QED) is 0.0846. The van der Waals surface area contributed by atoms with E-state index in [1.807, 2.05) is 54.6 Å². The second-order valence-corrected chi connectivity index (χ2v) is 18.1. The number of nitrogens with one attached hydrogen (secondary N) is 1. The van der Waals surface area contributed by atoms with Crippen molar-refractivity contribution in [3.8, 4) is 0 Å². The number of H-pyrrole nitrogens is 1. The fourth-order valence-electron chi connectivity index (χ4n) is 6.28. The van der Waals surface area contributed by atoms with Crippen LogP contribution in [0.1, 0.15) is 75.3 Å². The molecule has 3 aliphatic carbocycles. The Morgan fingerprint density at radius 2 is 1.01 bits per heavy atom. The summed E-state index contributed by atoms with van der Waals surface area (Å²) in [4.78, 5) is 73.3. The van der Waals surface area contributed by atoms with Gasteiger partial charge in [0.15, 0.2) is 22.3 Å². The second kappa shape index (κ2) is 35.9. The Labute approximate surface area is 511 Å². The number of benzene rings is 4. The molecular formula is C45H46BBr5ClF2N4NaO16Pd. The number of hydrogen-bond donors (Lipinski definition) is 5. The van der Waals surface area contributed by atoms with E-state index in [1.165, 1.54) is 35.8 Å². The summed E-state index contributed by atoms with van der Waals surface area (Å²) < 4.78 is 46.4. The third-order valence-corrected chi connectivity index (χ3v) is 12.0. The molecule has 0 bridgehead atoms. The maximum absolute atomic E-state index is 11.4. The summed E-state index contributed by atoms with van der Waals surface area (Å²) in [6.45, 7) is 2.17. The van der Waals surface area contributed by atoms with Crippen LogP contribution in [-0.4, -0.2) is 64.2 Å². The van der Waals surface area contributed by atoms with Gasteiger partial charge < -0.3 is 47.8 Å². The number of carbonyl (C=O) groups is 3. The smallest absolute Gasteiger partial charge is 0.520 e. The van der Waals surface area contributed by atoms with E-state index in [-0.39, 0.29) is 73.1 Å². The molecule has 0 atom stereocenters. The van der Waals surface area contributed by atoms with E-state index >= 15 is 0 Å². The molecule has 3 fully saturated rings. The molecule has 0 aliphatic heterocycles. The number of hydrogen-bond acceptors (Lipinski definition) is 14. The Bertz CT molecular complexity index is 3330. The Kier molecular flexibility index (Phi) is 34.3. The maximum atomic E-state index is 11.4. The van der Waals surface area contributed by atoms with Crippen LogP contribution in [0.25, 0.3) is 44.4 Å². The summed E-state index contributed by atoms with van der Waals surface area (Å²) in [6, 6.07) is 20.8. The first-order valence-corrected chi connectivity index (χ1v) is 27.6. The number of carboxylic acids is 2. The van der Waals surface area contributed by atoms with Crippen molar-refractivity contribution in [2.75, 3.05) is 0 Å². The molecule has 8 aromatic rings. The van der Waals surface area contributed by atoms with Crippen LogP contribution in [0, 0.1) is 0 Å². The molecule has 0 saturated heterocycles. The number of aliphatic carboxylic acids is 2. The molecule has 76 heavy (non-hydrogen) atoms. The van der Waals surface area contributed by atoms with Crippen molar-refractivity contribution in [3.05, 3.63) is 133 Å². The molecule has 0 radical (unpaired) electrons. The van der Waals surface area contributed by atoms with Crippen LogP contribution < -0.4 is 57.7 Å². The van der Waals surface area contributed by atoms with Gasteiger partial charge in [-0.1, -0.05) is 53.0 Å². The predicted molar refractivity (Wildman–Crippen MR) is 289 cm³/mol.